The Morgan fingerprint density at radius 2 is 1.58 bits per heavy atom. The fourth-order valence-corrected chi connectivity index (χ4v) is 3.12. The Kier molecular flexibility index (Phi) is 8.88. The van der Waals surface area contributed by atoms with Crippen LogP contribution in [0, 0.1) is 0 Å². The van der Waals surface area contributed by atoms with Crippen molar-refractivity contribution in [3.05, 3.63) is 36.4 Å². The van der Waals surface area contributed by atoms with Crippen LogP contribution in [0.2, 0.25) is 0 Å². The minimum atomic E-state index is 0. The molecule has 0 aliphatic heterocycles. The molecule has 2 fully saturated rings. The van der Waals surface area contributed by atoms with Crippen LogP contribution in [0.4, 0.5) is 0 Å². The van der Waals surface area contributed by atoms with E-state index < -0.39 is 0 Å². The second kappa shape index (κ2) is 11.2. The fourth-order valence-electron chi connectivity index (χ4n) is 3.12. The van der Waals surface area contributed by atoms with Gasteiger partial charge in [0.1, 0.15) is 12.2 Å². The van der Waals surface area contributed by atoms with Crippen molar-refractivity contribution in [2.24, 2.45) is 0 Å². The van der Waals surface area contributed by atoms with Crippen molar-refractivity contribution in [2.45, 2.75) is 105 Å². The van der Waals surface area contributed by atoms with E-state index >= 15 is 0 Å². The minimum Gasteiger partial charge on any atom is -0.314 e. The highest BCUT2D eigenvalue weighted by molar-refractivity contribution is 5.10. The summed E-state index contributed by atoms with van der Waals surface area (Å²) >= 11 is 0. The van der Waals surface area contributed by atoms with Gasteiger partial charge in [-0.25, -0.2) is 4.68 Å². The summed E-state index contributed by atoms with van der Waals surface area (Å²) in [6, 6.07) is 1.59. The van der Waals surface area contributed by atoms with Crippen LogP contribution in [-0.4, -0.2) is 44.8 Å². The van der Waals surface area contributed by atoms with Crippen molar-refractivity contribution in [2.75, 3.05) is 0 Å². The van der Waals surface area contributed by atoms with Crippen LogP contribution in [0.25, 0.3) is 0 Å². The van der Waals surface area contributed by atoms with Crippen LogP contribution in [0.15, 0.2) is 24.9 Å². The highest BCUT2D eigenvalue weighted by Crippen LogP contribution is 2.40. The number of aromatic nitrogens is 9. The third-order valence-electron chi connectivity index (χ3n) is 5.11. The molecule has 2 aliphatic carbocycles. The van der Waals surface area contributed by atoms with Gasteiger partial charge in [0, 0.05) is 36.2 Å². The van der Waals surface area contributed by atoms with Gasteiger partial charge in [-0.3, -0.25) is 4.68 Å². The SMILES string of the molecule is C.CC(C)c1nncn1C1CC1.CC(C)n1ccnn1.CC(C)n1nncc1C1CC1. The molecule has 9 heteroatoms. The average molecular weight is 430 g/mol. The lowest BCUT2D eigenvalue weighted by molar-refractivity contribution is 0.494. The zero-order valence-corrected chi connectivity index (χ0v) is 19.0. The fraction of sp³-hybridized carbons (Fsp3) is 0.727. The molecule has 5 rings (SSSR count). The highest BCUT2D eigenvalue weighted by Gasteiger charge is 2.28. The van der Waals surface area contributed by atoms with Crippen LogP contribution in [-0.2, 0) is 0 Å². The Bertz CT molecular complexity index is 781. The predicted octanol–water partition coefficient (Wildman–Crippen LogP) is 4.97. The van der Waals surface area contributed by atoms with E-state index in [-0.39, 0.29) is 7.43 Å². The normalized spacial score (nSPS) is 15.3. The van der Waals surface area contributed by atoms with Crippen LogP contribution in [0.1, 0.15) is 116 Å². The summed E-state index contributed by atoms with van der Waals surface area (Å²) in [6.07, 6.45) is 12.5. The second-order valence-electron chi connectivity index (χ2n) is 8.93. The lowest BCUT2D eigenvalue weighted by Crippen LogP contribution is -2.06. The van der Waals surface area contributed by atoms with E-state index in [9.17, 15) is 0 Å². The summed E-state index contributed by atoms with van der Waals surface area (Å²) in [5.41, 5.74) is 1.32. The molecule has 0 unspecified atom stereocenters. The third-order valence-corrected chi connectivity index (χ3v) is 5.11. The Morgan fingerprint density at radius 3 is 2.03 bits per heavy atom. The Labute approximate surface area is 186 Å². The zero-order valence-electron chi connectivity index (χ0n) is 19.0. The van der Waals surface area contributed by atoms with Gasteiger partial charge in [-0.2, -0.15) is 0 Å². The Hall–Kier alpha value is -2.58. The van der Waals surface area contributed by atoms with Gasteiger partial charge in [0.15, 0.2) is 0 Å². The molecule has 0 atom stereocenters. The summed E-state index contributed by atoms with van der Waals surface area (Å²) in [5.74, 6) is 2.39. The zero-order chi connectivity index (χ0) is 21.7. The first kappa shape index (κ1) is 24.7. The van der Waals surface area contributed by atoms with Crippen LogP contribution in [0.3, 0.4) is 0 Å². The largest absolute Gasteiger partial charge is 0.314 e. The van der Waals surface area contributed by atoms with Gasteiger partial charge in [0.2, 0.25) is 0 Å². The van der Waals surface area contributed by atoms with E-state index in [1.807, 2.05) is 23.4 Å². The van der Waals surface area contributed by atoms with Gasteiger partial charge in [0.05, 0.1) is 18.1 Å². The monoisotopic (exact) mass is 429 g/mol. The quantitative estimate of drug-likeness (QED) is 0.569. The maximum absolute atomic E-state index is 4.09. The summed E-state index contributed by atoms with van der Waals surface area (Å²) in [7, 11) is 0. The molecular weight excluding hydrogens is 390 g/mol. The topological polar surface area (TPSA) is 92.1 Å². The van der Waals surface area contributed by atoms with Crippen molar-refractivity contribution < 1.29 is 0 Å². The molecule has 0 aromatic carbocycles. The van der Waals surface area contributed by atoms with Crippen LogP contribution < -0.4 is 0 Å². The lowest BCUT2D eigenvalue weighted by atomic mass is 10.2. The van der Waals surface area contributed by atoms with E-state index in [2.05, 4.69) is 76.9 Å². The molecule has 9 nitrogen and oxygen atoms in total. The van der Waals surface area contributed by atoms with Crippen LogP contribution in [0.5, 0.6) is 0 Å². The van der Waals surface area contributed by atoms with Crippen LogP contribution >= 0.6 is 0 Å². The molecule has 0 radical (unpaired) electrons. The van der Waals surface area contributed by atoms with Gasteiger partial charge in [-0.1, -0.05) is 31.7 Å². The Morgan fingerprint density at radius 1 is 0.871 bits per heavy atom. The second-order valence-corrected chi connectivity index (χ2v) is 8.93. The number of rotatable bonds is 5. The first-order chi connectivity index (χ1) is 14.4. The number of hydrogen-bond acceptors (Lipinski definition) is 6. The first-order valence-corrected chi connectivity index (χ1v) is 11.0. The molecular formula is C22H39N9. The van der Waals surface area contributed by atoms with Crippen molar-refractivity contribution in [1.82, 2.24) is 44.8 Å². The molecule has 3 aromatic heterocycles. The van der Waals surface area contributed by atoms with Crippen molar-refractivity contribution in [3.63, 3.8) is 0 Å². The molecule has 2 aliphatic rings. The molecule has 0 N–H and O–H groups in total. The van der Waals surface area contributed by atoms with Gasteiger partial charge < -0.3 is 4.57 Å². The molecule has 172 valence electrons. The summed E-state index contributed by atoms with van der Waals surface area (Å²) < 4.78 is 6.04. The highest BCUT2D eigenvalue weighted by atomic mass is 15.4. The standard InChI is InChI=1S/2C8H13N3.C5H9N3.CH4/c1-6(2)8-10-9-5-11(8)7-3-4-7;1-6(2)11-8(5-9-10-11)7-3-4-7;1-5(2)8-4-3-6-7-8;/h2*5-7H,3-4H2,1-2H3;3-5H,1-2H3;1H4. The predicted molar refractivity (Wildman–Crippen MR) is 122 cm³/mol. The molecule has 2 saturated carbocycles. The smallest absolute Gasteiger partial charge is 0.135 e. The maximum atomic E-state index is 4.09. The molecule has 31 heavy (non-hydrogen) atoms. The van der Waals surface area contributed by atoms with E-state index in [0.717, 1.165) is 11.7 Å². The summed E-state index contributed by atoms with van der Waals surface area (Å²) in [6.45, 7) is 12.7. The van der Waals surface area contributed by atoms with Crippen molar-refractivity contribution >= 4 is 0 Å². The molecule has 0 saturated heterocycles. The number of nitrogens with zero attached hydrogens (tertiary/aromatic N) is 9. The maximum Gasteiger partial charge on any atom is 0.135 e. The Balaban J connectivity index is 0.000000165. The van der Waals surface area contributed by atoms with Gasteiger partial charge >= 0.3 is 0 Å². The van der Waals surface area contributed by atoms with E-state index in [4.69, 9.17) is 0 Å². The van der Waals surface area contributed by atoms with E-state index in [1.165, 1.54) is 31.4 Å². The third kappa shape index (κ3) is 6.97. The van der Waals surface area contributed by atoms with Crippen molar-refractivity contribution in [1.29, 1.82) is 0 Å². The molecule has 0 bridgehead atoms. The number of hydrogen-bond donors (Lipinski definition) is 0. The molecule has 3 aromatic rings. The average Bonchev–Trinajstić information content (AvgIpc) is 3.54. The molecule has 3 heterocycles. The first-order valence-electron chi connectivity index (χ1n) is 11.0. The van der Waals surface area contributed by atoms with E-state index in [0.29, 0.717) is 24.0 Å². The lowest BCUT2D eigenvalue weighted by Gasteiger charge is -2.07. The minimum absolute atomic E-state index is 0. The van der Waals surface area contributed by atoms with E-state index in [1.54, 1.807) is 10.9 Å². The van der Waals surface area contributed by atoms with Gasteiger partial charge in [0.25, 0.3) is 0 Å². The van der Waals surface area contributed by atoms with Crippen molar-refractivity contribution in [3.8, 4) is 0 Å². The summed E-state index contributed by atoms with van der Waals surface area (Å²) in [4.78, 5) is 0. The van der Waals surface area contributed by atoms with Gasteiger partial charge in [-0.05, 0) is 53.4 Å². The molecule has 0 spiro atoms. The van der Waals surface area contributed by atoms with Gasteiger partial charge in [-0.15, -0.1) is 20.4 Å². The molecule has 0 amide bonds. The summed E-state index contributed by atoms with van der Waals surface area (Å²) in [5, 5.41) is 23.4.